The largest absolute Gasteiger partial charge is 0.508 e. The average Bonchev–Trinajstić information content (AvgIpc) is 3.19. The van der Waals surface area contributed by atoms with E-state index in [-0.39, 0.29) is 29.2 Å². The number of halogens is 1. The molecule has 0 aliphatic carbocycles. The molecule has 2 N–H and O–H groups in total. The van der Waals surface area contributed by atoms with E-state index in [4.69, 9.17) is 9.47 Å². The van der Waals surface area contributed by atoms with Gasteiger partial charge in [0.25, 0.3) is 0 Å². The number of aromatic hydroxyl groups is 1. The normalized spacial score (nSPS) is 16.4. The summed E-state index contributed by atoms with van der Waals surface area (Å²) in [4.78, 5) is 27.4. The van der Waals surface area contributed by atoms with Gasteiger partial charge in [0.1, 0.15) is 11.0 Å². The molecule has 2 amide bonds. The fraction of sp³-hybridized carbons (Fsp3) is 0.154. The van der Waals surface area contributed by atoms with E-state index in [0.717, 1.165) is 16.2 Å². The Hall–Kier alpha value is -3.83. The maximum Gasteiger partial charge on any atom is 0.247 e. The van der Waals surface area contributed by atoms with E-state index >= 15 is 0 Å². The molecule has 1 aliphatic rings. The van der Waals surface area contributed by atoms with Crippen LogP contribution in [-0.2, 0) is 9.59 Å². The van der Waals surface area contributed by atoms with Crippen LogP contribution in [0.15, 0.2) is 81.4 Å². The Morgan fingerprint density at radius 3 is 2.57 bits per heavy atom. The number of carbonyl (C=O) groups is 2. The van der Waals surface area contributed by atoms with Crippen molar-refractivity contribution in [2.45, 2.75) is 11.7 Å². The molecular weight excluding hydrogens is 560 g/mol. The fourth-order valence-corrected chi connectivity index (χ4v) is 4.88. The van der Waals surface area contributed by atoms with Gasteiger partial charge in [0, 0.05) is 22.6 Å². The highest BCUT2D eigenvalue weighted by molar-refractivity contribution is 9.10. The van der Waals surface area contributed by atoms with Crippen LogP contribution in [0.25, 0.3) is 0 Å². The molecule has 4 rings (SSSR count). The summed E-state index contributed by atoms with van der Waals surface area (Å²) in [5.74, 6) is 0.491. The van der Waals surface area contributed by atoms with Crippen LogP contribution in [0, 0.1) is 0 Å². The molecule has 1 heterocycles. The summed E-state index contributed by atoms with van der Waals surface area (Å²) in [5.41, 5.74) is 1.76. The number of thioether (sulfide) groups is 1. The Balaban J connectivity index is 1.56. The standard InChI is InChI=1S/C26H23BrN4O5S/c1-35-21-11-6-16(12-22(21)36-2)15-28-30-26-31(19-4-3-5-20(32)13-19)25(34)23(37-26)14-24(33)29-18-9-7-17(27)8-10-18/h3-13,15,23,32H,14H2,1-2H3,(H,29,33)/b28-15-,30-26-/t23-/m1/s1. The molecule has 0 bridgehead atoms. The first kappa shape index (κ1) is 26.2. The third-order valence-electron chi connectivity index (χ3n) is 5.28. The van der Waals surface area contributed by atoms with E-state index in [9.17, 15) is 14.7 Å². The Bertz CT molecular complexity index is 1360. The minimum absolute atomic E-state index is 0.0000828. The Kier molecular flexibility index (Phi) is 8.47. The van der Waals surface area contributed by atoms with Crippen molar-refractivity contribution >= 4 is 62.3 Å². The van der Waals surface area contributed by atoms with E-state index < -0.39 is 5.25 Å². The molecule has 9 nitrogen and oxygen atoms in total. The summed E-state index contributed by atoms with van der Waals surface area (Å²) in [5, 5.41) is 20.8. The van der Waals surface area contributed by atoms with E-state index in [1.807, 2.05) is 12.1 Å². The molecule has 1 aliphatic heterocycles. The number of amides is 2. The molecular formula is C26H23BrN4O5S. The number of hydrogen-bond acceptors (Lipinski definition) is 8. The van der Waals surface area contributed by atoms with Gasteiger partial charge in [-0.2, -0.15) is 5.10 Å². The minimum atomic E-state index is -0.715. The quantitative estimate of drug-likeness (QED) is 0.284. The average molecular weight is 583 g/mol. The zero-order valence-corrected chi connectivity index (χ0v) is 22.3. The number of anilines is 2. The lowest BCUT2D eigenvalue weighted by molar-refractivity contribution is -0.121. The Morgan fingerprint density at radius 1 is 1.11 bits per heavy atom. The molecule has 190 valence electrons. The molecule has 0 unspecified atom stereocenters. The Labute approximate surface area is 226 Å². The lowest BCUT2D eigenvalue weighted by Crippen LogP contribution is -2.33. The second-order valence-corrected chi connectivity index (χ2v) is 9.89. The van der Waals surface area contributed by atoms with E-state index in [2.05, 4.69) is 31.4 Å². The second kappa shape index (κ2) is 11.9. The minimum Gasteiger partial charge on any atom is -0.508 e. The number of methoxy groups -OCH3 is 2. The van der Waals surface area contributed by atoms with Gasteiger partial charge in [-0.1, -0.05) is 33.8 Å². The van der Waals surface area contributed by atoms with Gasteiger partial charge >= 0.3 is 0 Å². The molecule has 37 heavy (non-hydrogen) atoms. The molecule has 0 radical (unpaired) electrons. The maximum absolute atomic E-state index is 13.3. The number of carbonyl (C=O) groups excluding carboxylic acids is 2. The zero-order chi connectivity index (χ0) is 26.4. The van der Waals surface area contributed by atoms with Crippen molar-refractivity contribution in [2.75, 3.05) is 24.4 Å². The first-order chi connectivity index (χ1) is 17.9. The molecule has 11 heteroatoms. The smallest absolute Gasteiger partial charge is 0.247 e. The van der Waals surface area contributed by atoms with Crippen LogP contribution in [0.2, 0.25) is 0 Å². The van der Waals surface area contributed by atoms with Crippen molar-refractivity contribution in [3.63, 3.8) is 0 Å². The topological polar surface area (TPSA) is 113 Å². The summed E-state index contributed by atoms with van der Waals surface area (Å²) in [6.07, 6.45) is 1.46. The summed E-state index contributed by atoms with van der Waals surface area (Å²) >= 11 is 4.50. The number of nitrogens with zero attached hydrogens (tertiary/aromatic N) is 3. The van der Waals surface area contributed by atoms with Gasteiger partial charge < -0.3 is 19.9 Å². The summed E-state index contributed by atoms with van der Waals surface area (Å²) in [6, 6.07) is 18.7. The van der Waals surface area contributed by atoms with Crippen LogP contribution in [0.5, 0.6) is 17.2 Å². The third-order valence-corrected chi connectivity index (χ3v) is 6.94. The van der Waals surface area contributed by atoms with E-state index in [0.29, 0.717) is 28.4 Å². The number of nitrogens with one attached hydrogen (secondary N) is 1. The van der Waals surface area contributed by atoms with Crippen LogP contribution >= 0.6 is 27.7 Å². The van der Waals surface area contributed by atoms with Crippen LogP contribution in [-0.4, -0.2) is 47.8 Å². The number of amidine groups is 1. The number of rotatable bonds is 8. The lowest BCUT2D eigenvalue weighted by atomic mass is 10.2. The van der Waals surface area contributed by atoms with Gasteiger partial charge in [0.05, 0.1) is 26.1 Å². The Morgan fingerprint density at radius 2 is 1.86 bits per heavy atom. The van der Waals surface area contributed by atoms with E-state index in [1.54, 1.807) is 56.7 Å². The highest BCUT2D eigenvalue weighted by Gasteiger charge is 2.40. The number of hydrogen-bond donors (Lipinski definition) is 2. The van der Waals surface area contributed by atoms with Crippen LogP contribution < -0.4 is 19.7 Å². The molecule has 0 aromatic heterocycles. The maximum atomic E-state index is 13.3. The van der Waals surface area contributed by atoms with Gasteiger partial charge in [-0.25, -0.2) is 0 Å². The highest BCUT2D eigenvalue weighted by atomic mass is 79.9. The highest BCUT2D eigenvalue weighted by Crippen LogP contribution is 2.35. The fourth-order valence-electron chi connectivity index (χ4n) is 3.53. The first-order valence-corrected chi connectivity index (χ1v) is 12.7. The van der Waals surface area contributed by atoms with Crippen molar-refractivity contribution in [3.05, 3.63) is 76.8 Å². The van der Waals surface area contributed by atoms with Crippen molar-refractivity contribution in [2.24, 2.45) is 10.2 Å². The van der Waals surface area contributed by atoms with Gasteiger partial charge in [-0.3, -0.25) is 14.5 Å². The second-order valence-electron chi connectivity index (χ2n) is 7.80. The summed E-state index contributed by atoms with van der Waals surface area (Å²) in [6.45, 7) is 0. The van der Waals surface area contributed by atoms with Crippen LogP contribution in [0.3, 0.4) is 0 Å². The van der Waals surface area contributed by atoms with Gasteiger partial charge in [-0.05, 0) is 60.2 Å². The monoisotopic (exact) mass is 582 g/mol. The summed E-state index contributed by atoms with van der Waals surface area (Å²) < 4.78 is 11.5. The van der Waals surface area contributed by atoms with E-state index in [1.165, 1.54) is 23.2 Å². The number of phenols is 1. The molecule has 1 fully saturated rings. The van der Waals surface area contributed by atoms with Crippen LogP contribution in [0.4, 0.5) is 11.4 Å². The number of ether oxygens (including phenoxy) is 2. The summed E-state index contributed by atoms with van der Waals surface area (Å²) in [7, 11) is 3.09. The lowest BCUT2D eigenvalue weighted by Gasteiger charge is -2.16. The molecule has 0 spiro atoms. The predicted octanol–water partition coefficient (Wildman–Crippen LogP) is 5.04. The molecule has 0 saturated carbocycles. The van der Waals surface area contributed by atoms with Crippen molar-refractivity contribution in [1.82, 2.24) is 0 Å². The zero-order valence-electron chi connectivity index (χ0n) is 19.9. The van der Waals surface area contributed by atoms with Gasteiger partial charge in [0.15, 0.2) is 16.7 Å². The number of phenolic OH excluding ortho intramolecular Hbond substituents is 1. The van der Waals surface area contributed by atoms with Crippen molar-refractivity contribution in [1.29, 1.82) is 0 Å². The third kappa shape index (κ3) is 6.49. The van der Waals surface area contributed by atoms with Gasteiger partial charge in [0.2, 0.25) is 11.8 Å². The van der Waals surface area contributed by atoms with Crippen LogP contribution in [0.1, 0.15) is 12.0 Å². The first-order valence-electron chi connectivity index (χ1n) is 11.1. The SMILES string of the molecule is COc1ccc(/C=N\N=C2/S[C@H](CC(=O)Nc3ccc(Br)cc3)C(=O)N2c2cccc(O)c2)cc1OC. The molecule has 1 atom stereocenters. The number of benzene rings is 3. The predicted molar refractivity (Wildman–Crippen MR) is 149 cm³/mol. The molecule has 3 aromatic rings. The van der Waals surface area contributed by atoms with Crippen molar-refractivity contribution in [3.8, 4) is 17.2 Å². The molecule has 1 saturated heterocycles. The van der Waals surface area contributed by atoms with Gasteiger partial charge in [-0.15, -0.1) is 5.10 Å². The molecule has 3 aromatic carbocycles. The van der Waals surface area contributed by atoms with Crippen molar-refractivity contribution < 1.29 is 24.2 Å².